The third-order valence-corrected chi connectivity index (χ3v) is 5.12. The number of rotatable bonds is 6. The summed E-state index contributed by atoms with van der Waals surface area (Å²) >= 11 is 3.40. The van der Waals surface area contributed by atoms with Crippen molar-refractivity contribution in [1.29, 1.82) is 0 Å². The van der Waals surface area contributed by atoms with Crippen molar-refractivity contribution in [2.75, 3.05) is 0 Å². The zero-order valence-corrected chi connectivity index (χ0v) is 13.1. The van der Waals surface area contributed by atoms with E-state index in [0.717, 1.165) is 34.9 Å². The molecule has 0 bridgehead atoms. The van der Waals surface area contributed by atoms with Crippen molar-refractivity contribution in [1.82, 2.24) is 10.3 Å². The van der Waals surface area contributed by atoms with E-state index >= 15 is 0 Å². The maximum absolute atomic E-state index is 9.31. The average Bonchev–Trinajstić information content (AvgIpc) is 3.18. The third-order valence-electron chi connectivity index (χ3n) is 3.19. The molecule has 2 N–H and O–H groups in total. The quantitative estimate of drug-likeness (QED) is 0.729. The highest BCUT2D eigenvalue weighted by atomic mass is 32.1. The predicted octanol–water partition coefficient (Wildman–Crippen LogP) is 3.65. The minimum Gasteiger partial charge on any atom is -0.392 e. The topological polar surface area (TPSA) is 45.1 Å². The Kier molecular flexibility index (Phi) is 4.77. The molecule has 2 aromatic heterocycles. The molecular formula is C16H16N2OS2. The molecule has 3 rings (SSSR count). The first kappa shape index (κ1) is 14.4. The van der Waals surface area contributed by atoms with Crippen molar-refractivity contribution in [3.8, 4) is 9.88 Å². The van der Waals surface area contributed by atoms with E-state index in [1.165, 1.54) is 4.88 Å². The SMILES string of the molecule is OCc1ccccc1CNCc1csc(-c2cccs2)n1. The monoisotopic (exact) mass is 316 g/mol. The highest BCUT2D eigenvalue weighted by Gasteiger charge is 2.06. The fourth-order valence-corrected chi connectivity index (χ4v) is 3.74. The van der Waals surface area contributed by atoms with Gasteiger partial charge in [0.1, 0.15) is 5.01 Å². The van der Waals surface area contributed by atoms with Crippen molar-refractivity contribution in [2.24, 2.45) is 0 Å². The summed E-state index contributed by atoms with van der Waals surface area (Å²) in [6, 6.07) is 12.1. The van der Waals surface area contributed by atoms with Crippen LogP contribution in [0.4, 0.5) is 0 Å². The molecule has 2 heterocycles. The molecule has 3 aromatic rings. The van der Waals surface area contributed by atoms with Gasteiger partial charge in [0.2, 0.25) is 0 Å². The van der Waals surface area contributed by atoms with E-state index in [4.69, 9.17) is 0 Å². The van der Waals surface area contributed by atoms with E-state index in [1.807, 2.05) is 30.3 Å². The second-order valence-corrected chi connectivity index (χ2v) is 6.46. The number of aliphatic hydroxyl groups is 1. The summed E-state index contributed by atoms with van der Waals surface area (Å²) < 4.78 is 0. The molecule has 0 radical (unpaired) electrons. The van der Waals surface area contributed by atoms with Gasteiger partial charge in [-0.1, -0.05) is 30.3 Å². The Bertz CT molecular complexity index is 692. The number of thiophene rings is 1. The van der Waals surface area contributed by atoms with Crippen molar-refractivity contribution in [3.63, 3.8) is 0 Å². The smallest absolute Gasteiger partial charge is 0.133 e. The molecular weight excluding hydrogens is 300 g/mol. The number of hydrogen-bond donors (Lipinski definition) is 2. The van der Waals surface area contributed by atoms with Crippen molar-refractivity contribution >= 4 is 22.7 Å². The van der Waals surface area contributed by atoms with E-state index in [-0.39, 0.29) is 6.61 Å². The highest BCUT2D eigenvalue weighted by Crippen LogP contribution is 2.27. The van der Waals surface area contributed by atoms with E-state index in [2.05, 4.69) is 27.1 Å². The van der Waals surface area contributed by atoms with Gasteiger partial charge in [0.05, 0.1) is 17.2 Å². The summed E-state index contributed by atoms with van der Waals surface area (Å²) in [7, 11) is 0. The first-order valence-electron chi connectivity index (χ1n) is 6.73. The van der Waals surface area contributed by atoms with Gasteiger partial charge in [0.25, 0.3) is 0 Å². The van der Waals surface area contributed by atoms with Gasteiger partial charge in [-0.2, -0.15) is 0 Å². The second kappa shape index (κ2) is 6.95. The van der Waals surface area contributed by atoms with Crippen LogP contribution in [-0.4, -0.2) is 10.1 Å². The number of benzene rings is 1. The van der Waals surface area contributed by atoms with Crippen LogP contribution in [0.3, 0.4) is 0 Å². The molecule has 1 aromatic carbocycles. The minimum absolute atomic E-state index is 0.0804. The Balaban J connectivity index is 1.58. The van der Waals surface area contributed by atoms with Gasteiger partial charge in [0.15, 0.2) is 0 Å². The zero-order chi connectivity index (χ0) is 14.5. The van der Waals surface area contributed by atoms with Gasteiger partial charge in [0, 0.05) is 18.5 Å². The summed E-state index contributed by atoms with van der Waals surface area (Å²) in [5.74, 6) is 0. The van der Waals surface area contributed by atoms with E-state index in [9.17, 15) is 5.11 Å². The number of nitrogens with one attached hydrogen (secondary N) is 1. The van der Waals surface area contributed by atoms with Crippen LogP contribution < -0.4 is 5.32 Å². The van der Waals surface area contributed by atoms with Gasteiger partial charge in [-0.15, -0.1) is 22.7 Å². The third kappa shape index (κ3) is 3.57. The van der Waals surface area contributed by atoms with E-state index in [0.29, 0.717) is 0 Å². The molecule has 5 heteroatoms. The molecule has 3 nitrogen and oxygen atoms in total. The molecule has 21 heavy (non-hydrogen) atoms. The van der Waals surface area contributed by atoms with Crippen LogP contribution in [-0.2, 0) is 19.7 Å². The van der Waals surface area contributed by atoms with Crippen LogP contribution in [0, 0.1) is 0 Å². The summed E-state index contributed by atoms with van der Waals surface area (Å²) in [4.78, 5) is 5.86. The Labute approximate surface area is 131 Å². The summed E-state index contributed by atoms with van der Waals surface area (Å²) in [5, 5.41) is 17.9. The Hall–Kier alpha value is -1.53. The average molecular weight is 316 g/mol. The first-order chi connectivity index (χ1) is 10.4. The van der Waals surface area contributed by atoms with Crippen LogP contribution in [0.25, 0.3) is 9.88 Å². The number of nitrogens with zero attached hydrogens (tertiary/aromatic N) is 1. The summed E-state index contributed by atoms with van der Waals surface area (Å²) in [6.45, 7) is 1.56. The number of aromatic nitrogens is 1. The van der Waals surface area contributed by atoms with Gasteiger partial charge < -0.3 is 10.4 Å². The van der Waals surface area contributed by atoms with E-state index < -0.39 is 0 Å². The maximum atomic E-state index is 9.31. The zero-order valence-electron chi connectivity index (χ0n) is 11.5. The highest BCUT2D eigenvalue weighted by molar-refractivity contribution is 7.20. The molecule has 0 amide bonds. The molecule has 108 valence electrons. The maximum Gasteiger partial charge on any atom is 0.133 e. The lowest BCUT2D eigenvalue weighted by atomic mass is 10.1. The van der Waals surface area contributed by atoms with Gasteiger partial charge >= 0.3 is 0 Å². The Morgan fingerprint density at radius 1 is 1.00 bits per heavy atom. The molecule has 0 aliphatic heterocycles. The first-order valence-corrected chi connectivity index (χ1v) is 8.49. The fraction of sp³-hybridized carbons (Fsp3) is 0.188. The number of hydrogen-bond acceptors (Lipinski definition) is 5. The van der Waals surface area contributed by atoms with Crippen LogP contribution in [0.1, 0.15) is 16.8 Å². The van der Waals surface area contributed by atoms with Crippen LogP contribution in [0.5, 0.6) is 0 Å². The van der Waals surface area contributed by atoms with Crippen LogP contribution >= 0.6 is 22.7 Å². The van der Waals surface area contributed by atoms with Crippen molar-refractivity contribution in [2.45, 2.75) is 19.7 Å². The number of thiazole rings is 1. The van der Waals surface area contributed by atoms with E-state index in [1.54, 1.807) is 22.7 Å². The lowest BCUT2D eigenvalue weighted by Crippen LogP contribution is -2.14. The number of aliphatic hydroxyl groups excluding tert-OH is 1. The summed E-state index contributed by atoms with van der Waals surface area (Å²) in [5.41, 5.74) is 3.17. The molecule has 0 fully saturated rings. The minimum atomic E-state index is 0.0804. The van der Waals surface area contributed by atoms with Gasteiger partial charge in [-0.25, -0.2) is 4.98 Å². The largest absolute Gasteiger partial charge is 0.392 e. The Morgan fingerprint density at radius 3 is 2.62 bits per heavy atom. The predicted molar refractivity (Wildman–Crippen MR) is 88.3 cm³/mol. The lowest BCUT2D eigenvalue weighted by Gasteiger charge is -2.07. The van der Waals surface area contributed by atoms with Gasteiger partial charge in [-0.3, -0.25) is 0 Å². The van der Waals surface area contributed by atoms with Crippen molar-refractivity contribution < 1.29 is 5.11 Å². The standard InChI is InChI=1S/C16H16N2OS2/c19-10-13-5-2-1-4-12(13)8-17-9-14-11-21-16(18-14)15-6-3-7-20-15/h1-7,11,17,19H,8-10H2. The normalized spacial score (nSPS) is 10.9. The molecule has 0 saturated carbocycles. The van der Waals surface area contributed by atoms with Crippen LogP contribution in [0.15, 0.2) is 47.2 Å². The van der Waals surface area contributed by atoms with Crippen molar-refractivity contribution in [3.05, 3.63) is 64.0 Å². The molecule has 0 aliphatic carbocycles. The molecule has 0 spiro atoms. The van der Waals surface area contributed by atoms with Gasteiger partial charge in [-0.05, 0) is 22.6 Å². The summed E-state index contributed by atoms with van der Waals surface area (Å²) in [6.07, 6.45) is 0. The lowest BCUT2D eigenvalue weighted by molar-refractivity contribution is 0.280. The van der Waals surface area contributed by atoms with Crippen LogP contribution in [0.2, 0.25) is 0 Å². The molecule has 0 unspecified atom stereocenters. The fourth-order valence-electron chi connectivity index (χ4n) is 2.11. The second-order valence-electron chi connectivity index (χ2n) is 4.65. The molecule has 0 aliphatic rings. The Morgan fingerprint density at radius 2 is 1.86 bits per heavy atom. The molecule has 0 saturated heterocycles. The molecule has 0 atom stereocenters.